The summed E-state index contributed by atoms with van der Waals surface area (Å²) in [7, 11) is 0. The Morgan fingerprint density at radius 1 is 1.05 bits per heavy atom. The van der Waals surface area contributed by atoms with Crippen molar-refractivity contribution in [2.24, 2.45) is 0 Å². The van der Waals surface area contributed by atoms with Crippen molar-refractivity contribution in [3.63, 3.8) is 0 Å². The molecule has 3 heteroatoms. The molecule has 3 nitrogen and oxygen atoms in total. The van der Waals surface area contributed by atoms with Crippen LogP contribution in [0, 0.1) is 0 Å². The molecule has 1 saturated heterocycles. The van der Waals surface area contributed by atoms with Crippen LogP contribution in [0.25, 0.3) is 0 Å². The van der Waals surface area contributed by atoms with Gasteiger partial charge in [0, 0.05) is 6.54 Å². The normalized spacial score (nSPS) is 22.4. The van der Waals surface area contributed by atoms with Crippen LogP contribution in [0.3, 0.4) is 0 Å². The molecular weight excluding hydrogens is 274 g/mol. The fourth-order valence-corrected chi connectivity index (χ4v) is 4.12. The van der Waals surface area contributed by atoms with E-state index < -0.39 is 11.4 Å². The van der Waals surface area contributed by atoms with Crippen molar-refractivity contribution in [3.05, 3.63) is 35.4 Å². The Hall–Kier alpha value is -1.35. The van der Waals surface area contributed by atoms with Gasteiger partial charge in [0.1, 0.15) is 0 Å². The Morgan fingerprint density at radius 2 is 1.73 bits per heavy atom. The Bertz CT molecular complexity index is 514. The van der Waals surface area contributed by atoms with Crippen LogP contribution in [-0.2, 0) is 16.8 Å². The molecule has 0 bridgehead atoms. The van der Waals surface area contributed by atoms with Gasteiger partial charge in [-0.1, -0.05) is 49.9 Å². The molecule has 0 spiro atoms. The molecule has 1 heterocycles. The SMILES string of the molecule is O=C(O)C1(c2cccc(CN3CCCCC3)c2)CCCCC1. The van der Waals surface area contributed by atoms with Crippen molar-refractivity contribution in [1.29, 1.82) is 0 Å². The Balaban J connectivity index is 1.81. The number of nitrogens with zero attached hydrogens (tertiary/aromatic N) is 1. The molecule has 1 N–H and O–H groups in total. The van der Waals surface area contributed by atoms with Crippen LogP contribution in [-0.4, -0.2) is 29.1 Å². The number of aliphatic carboxylic acids is 1. The maximum atomic E-state index is 12.0. The number of likely N-dealkylation sites (tertiary alicyclic amines) is 1. The monoisotopic (exact) mass is 301 g/mol. The lowest BCUT2D eigenvalue weighted by atomic mass is 9.69. The molecule has 0 unspecified atom stereocenters. The van der Waals surface area contributed by atoms with Crippen LogP contribution in [0.15, 0.2) is 24.3 Å². The first-order chi connectivity index (χ1) is 10.7. The first-order valence-corrected chi connectivity index (χ1v) is 8.76. The third-order valence-electron chi connectivity index (χ3n) is 5.45. The highest BCUT2D eigenvalue weighted by Crippen LogP contribution is 2.40. The Kier molecular flexibility index (Phi) is 4.82. The van der Waals surface area contributed by atoms with Gasteiger partial charge < -0.3 is 5.11 Å². The molecule has 2 aliphatic rings. The highest BCUT2D eigenvalue weighted by Gasteiger charge is 2.41. The van der Waals surface area contributed by atoms with Gasteiger partial charge in [-0.15, -0.1) is 0 Å². The molecule has 0 aromatic heterocycles. The molecule has 2 fully saturated rings. The van der Waals surface area contributed by atoms with Crippen LogP contribution in [0.1, 0.15) is 62.5 Å². The summed E-state index contributed by atoms with van der Waals surface area (Å²) in [6.07, 6.45) is 8.73. The van der Waals surface area contributed by atoms with Crippen LogP contribution in [0.4, 0.5) is 0 Å². The molecule has 0 atom stereocenters. The molecule has 120 valence electrons. The van der Waals surface area contributed by atoms with E-state index in [0.29, 0.717) is 0 Å². The second-order valence-corrected chi connectivity index (χ2v) is 6.99. The van der Waals surface area contributed by atoms with E-state index in [1.807, 2.05) is 12.1 Å². The molecule has 1 aliphatic heterocycles. The molecular formula is C19H27NO2. The fourth-order valence-electron chi connectivity index (χ4n) is 4.12. The summed E-state index contributed by atoms with van der Waals surface area (Å²) < 4.78 is 0. The van der Waals surface area contributed by atoms with Crippen molar-refractivity contribution < 1.29 is 9.90 Å². The van der Waals surface area contributed by atoms with E-state index >= 15 is 0 Å². The summed E-state index contributed by atoms with van der Waals surface area (Å²) >= 11 is 0. The standard InChI is InChI=1S/C19H27NO2/c21-18(22)19(10-3-1-4-11-19)17-9-7-8-16(14-17)15-20-12-5-2-6-13-20/h7-9,14H,1-6,10-13,15H2,(H,21,22). The number of piperidine rings is 1. The number of carboxylic acid groups (broad SMARTS) is 1. The summed E-state index contributed by atoms with van der Waals surface area (Å²) in [5, 5.41) is 9.84. The van der Waals surface area contributed by atoms with E-state index in [0.717, 1.165) is 37.8 Å². The van der Waals surface area contributed by atoms with Gasteiger partial charge in [0.15, 0.2) is 0 Å². The minimum Gasteiger partial charge on any atom is -0.481 e. The van der Waals surface area contributed by atoms with E-state index in [4.69, 9.17) is 0 Å². The van der Waals surface area contributed by atoms with Crippen LogP contribution >= 0.6 is 0 Å². The average molecular weight is 301 g/mol. The zero-order chi connectivity index (χ0) is 15.4. The summed E-state index contributed by atoms with van der Waals surface area (Å²) in [6.45, 7) is 3.31. The fraction of sp³-hybridized carbons (Fsp3) is 0.632. The van der Waals surface area contributed by atoms with E-state index in [2.05, 4.69) is 17.0 Å². The number of carbonyl (C=O) groups is 1. The van der Waals surface area contributed by atoms with Gasteiger partial charge in [-0.05, 0) is 49.9 Å². The topological polar surface area (TPSA) is 40.5 Å². The second kappa shape index (κ2) is 6.82. The third-order valence-corrected chi connectivity index (χ3v) is 5.45. The maximum Gasteiger partial charge on any atom is 0.314 e. The molecule has 3 rings (SSSR count). The second-order valence-electron chi connectivity index (χ2n) is 6.99. The smallest absolute Gasteiger partial charge is 0.314 e. The number of benzene rings is 1. The molecule has 0 amide bonds. The van der Waals surface area contributed by atoms with E-state index in [-0.39, 0.29) is 0 Å². The summed E-state index contributed by atoms with van der Waals surface area (Å²) in [4.78, 5) is 14.5. The van der Waals surface area contributed by atoms with E-state index in [1.165, 1.54) is 44.3 Å². The molecule has 1 aliphatic carbocycles. The van der Waals surface area contributed by atoms with Gasteiger partial charge in [-0.3, -0.25) is 9.69 Å². The van der Waals surface area contributed by atoms with Crippen molar-refractivity contribution in [1.82, 2.24) is 4.90 Å². The van der Waals surface area contributed by atoms with Gasteiger partial charge in [-0.2, -0.15) is 0 Å². The molecule has 1 saturated carbocycles. The molecule has 1 aromatic carbocycles. The van der Waals surface area contributed by atoms with E-state index in [1.54, 1.807) is 0 Å². The summed E-state index contributed by atoms with van der Waals surface area (Å²) in [5.41, 5.74) is 1.65. The molecule has 0 radical (unpaired) electrons. The predicted octanol–water partition coefficient (Wildman–Crippen LogP) is 3.96. The predicted molar refractivity (Wildman–Crippen MR) is 88.0 cm³/mol. The first-order valence-electron chi connectivity index (χ1n) is 8.76. The van der Waals surface area contributed by atoms with Gasteiger partial charge in [0.2, 0.25) is 0 Å². The zero-order valence-corrected chi connectivity index (χ0v) is 13.4. The zero-order valence-electron chi connectivity index (χ0n) is 13.4. The number of carboxylic acids is 1. The average Bonchev–Trinajstić information content (AvgIpc) is 2.56. The van der Waals surface area contributed by atoms with E-state index in [9.17, 15) is 9.90 Å². The highest BCUT2D eigenvalue weighted by atomic mass is 16.4. The third kappa shape index (κ3) is 3.19. The maximum absolute atomic E-state index is 12.0. The lowest BCUT2D eigenvalue weighted by Crippen LogP contribution is -2.38. The highest BCUT2D eigenvalue weighted by molar-refractivity contribution is 5.81. The van der Waals surface area contributed by atoms with Crippen molar-refractivity contribution in [3.8, 4) is 0 Å². The number of rotatable bonds is 4. The van der Waals surface area contributed by atoms with Gasteiger partial charge in [-0.25, -0.2) is 0 Å². The molecule has 1 aromatic rings. The summed E-state index contributed by atoms with van der Waals surface area (Å²) in [6, 6.07) is 8.39. The summed E-state index contributed by atoms with van der Waals surface area (Å²) in [5.74, 6) is -0.637. The van der Waals surface area contributed by atoms with Crippen molar-refractivity contribution >= 4 is 5.97 Å². The first kappa shape index (κ1) is 15.5. The quantitative estimate of drug-likeness (QED) is 0.915. The Morgan fingerprint density at radius 3 is 2.41 bits per heavy atom. The van der Waals surface area contributed by atoms with Crippen molar-refractivity contribution in [2.45, 2.75) is 63.3 Å². The minimum absolute atomic E-state index is 0.637. The molecule has 22 heavy (non-hydrogen) atoms. The van der Waals surface area contributed by atoms with Gasteiger partial charge in [0.05, 0.1) is 5.41 Å². The van der Waals surface area contributed by atoms with Crippen LogP contribution in [0.5, 0.6) is 0 Å². The minimum atomic E-state index is -0.643. The van der Waals surface area contributed by atoms with Crippen LogP contribution in [0.2, 0.25) is 0 Å². The number of hydrogen-bond acceptors (Lipinski definition) is 2. The van der Waals surface area contributed by atoms with Gasteiger partial charge in [0.25, 0.3) is 0 Å². The lowest BCUT2D eigenvalue weighted by Gasteiger charge is -2.34. The van der Waals surface area contributed by atoms with Crippen molar-refractivity contribution in [2.75, 3.05) is 13.1 Å². The number of hydrogen-bond donors (Lipinski definition) is 1. The lowest BCUT2D eigenvalue weighted by molar-refractivity contribution is -0.145. The largest absolute Gasteiger partial charge is 0.481 e. The van der Waals surface area contributed by atoms with Gasteiger partial charge >= 0.3 is 5.97 Å². The van der Waals surface area contributed by atoms with Crippen LogP contribution < -0.4 is 0 Å². The Labute approximate surface area is 133 Å².